The second-order valence-corrected chi connectivity index (χ2v) is 9.52. The Morgan fingerprint density at radius 1 is 1.09 bits per heavy atom. The number of benzene rings is 2. The summed E-state index contributed by atoms with van der Waals surface area (Å²) in [5.41, 5.74) is -1.41. The molecule has 0 spiro atoms. The van der Waals surface area contributed by atoms with Gasteiger partial charge in [0.25, 0.3) is 5.56 Å². The topological polar surface area (TPSA) is 108 Å². The van der Waals surface area contributed by atoms with Crippen LogP contribution < -0.4 is 15.8 Å². The van der Waals surface area contributed by atoms with Gasteiger partial charge >= 0.3 is 0 Å². The molecule has 5 aliphatic heterocycles. The molecule has 9 nitrogen and oxygen atoms in total. The van der Waals surface area contributed by atoms with Crippen LogP contribution >= 0.6 is 0 Å². The number of hydrogen-bond acceptors (Lipinski definition) is 6. The van der Waals surface area contributed by atoms with Crippen LogP contribution in [0.1, 0.15) is 37.7 Å². The van der Waals surface area contributed by atoms with Crippen LogP contribution in [-0.2, 0) is 20.9 Å². The lowest BCUT2D eigenvalue weighted by molar-refractivity contribution is -0.157. The summed E-state index contributed by atoms with van der Waals surface area (Å²) in [5, 5.41) is 15.7. The number of carbonyl (C=O) groups excluding carboxylic acids is 2. The van der Waals surface area contributed by atoms with Crippen molar-refractivity contribution in [1.29, 1.82) is 0 Å². The van der Waals surface area contributed by atoms with E-state index in [9.17, 15) is 19.5 Å². The van der Waals surface area contributed by atoms with Crippen molar-refractivity contribution in [3.63, 3.8) is 0 Å². The second-order valence-electron chi connectivity index (χ2n) is 9.52. The Morgan fingerprint density at radius 3 is 2.64 bits per heavy atom. The van der Waals surface area contributed by atoms with Crippen LogP contribution in [0.5, 0.6) is 0 Å². The lowest BCUT2D eigenvalue weighted by Crippen LogP contribution is -2.71. The fraction of sp³-hybridized carbons (Fsp3) is 0.333. The van der Waals surface area contributed by atoms with Crippen molar-refractivity contribution in [2.75, 3.05) is 4.90 Å². The van der Waals surface area contributed by atoms with Crippen LogP contribution in [0.15, 0.2) is 53.3 Å². The first-order valence-electron chi connectivity index (χ1n) is 11.0. The molecule has 2 fully saturated rings. The zero-order valence-corrected chi connectivity index (χ0v) is 18.0. The van der Waals surface area contributed by atoms with Gasteiger partial charge in [-0.1, -0.05) is 30.3 Å². The largest absolute Gasteiger partial charge is 0.381 e. The van der Waals surface area contributed by atoms with Gasteiger partial charge in [0, 0.05) is 12.0 Å². The smallest absolute Gasteiger partial charge is 0.262 e. The van der Waals surface area contributed by atoms with Gasteiger partial charge in [0.15, 0.2) is 11.5 Å². The van der Waals surface area contributed by atoms with Gasteiger partial charge < -0.3 is 10.4 Å². The maximum absolute atomic E-state index is 13.7. The number of nitrogens with zero attached hydrogens (tertiary/aromatic N) is 4. The van der Waals surface area contributed by atoms with E-state index < -0.39 is 29.5 Å². The SMILES string of the molecule is C[C@H]1C(=O)N2c3ccccc3[C@@]3(O)C[C@@H]4C(=O)N[C@](C)(c5nc6ccccc6c(=O)n54)N1[C@@H]23. The van der Waals surface area contributed by atoms with Gasteiger partial charge in [-0.25, -0.2) is 9.88 Å². The van der Waals surface area contributed by atoms with E-state index in [1.54, 1.807) is 43.0 Å². The number of anilines is 1. The molecule has 166 valence electrons. The Hall–Kier alpha value is -3.56. The van der Waals surface area contributed by atoms with Crippen LogP contribution in [0.2, 0.25) is 0 Å². The molecule has 6 heterocycles. The highest BCUT2D eigenvalue weighted by Gasteiger charge is 2.69. The molecule has 8 rings (SSSR count). The van der Waals surface area contributed by atoms with Crippen LogP contribution in [0.3, 0.4) is 0 Å². The number of fused-ring (bicyclic) bond motifs is 4. The molecule has 2 bridgehead atoms. The summed E-state index contributed by atoms with van der Waals surface area (Å²) < 4.78 is 1.43. The van der Waals surface area contributed by atoms with E-state index in [2.05, 4.69) is 5.32 Å². The molecule has 0 radical (unpaired) electrons. The van der Waals surface area contributed by atoms with Crippen molar-refractivity contribution in [3.8, 4) is 0 Å². The van der Waals surface area contributed by atoms with E-state index >= 15 is 0 Å². The molecular weight excluding hydrogens is 422 g/mol. The first-order chi connectivity index (χ1) is 15.8. The summed E-state index contributed by atoms with van der Waals surface area (Å²) in [5.74, 6) is -0.173. The van der Waals surface area contributed by atoms with Gasteiger partial charge in [0.1, 0.15) is 17.8 Å². The summed E-state index contributed by atoms with van der Waals surface area (Å²) in [7, 11) is 0. The highest BCUT2D eigenvalue weighted by Crippen LogP contribution is 2.56. The summed E-state index contributed by atoms with van der Waals surface area (Å²) >= 11 is 0. The Morgan fingerprint density at radius 2 is 1.82 bits per heavy atom. The van der Waals surface area contributed by atoms with E-state index in [1.165, 1.54) is 4.57 Å². The number of nitrogens with one attached hydrogen (secondary N) is 1. The zero-order chi connectivity index (χ0) is 22.9. The van der Waals surface area contributed by atoms with Gasteiger partial charge in [-0.2, -0.15) is 0 Å². The molecule has 0 unspecified atom stereocenters. The normalized spacial score (nSPS) is 34.0. The van der Waals surface area contributed by atoms with Crippen molar-refractivity contribution in [3.05, 3.63) is 70.3 Å². The lowest BCUT2D eigenvalue weighted by atomic mass is 9.81. The number of rotatable bonds is 0. The second kappa shape index (κ2) is 5.67. The predicted molar refractivity (Wildman–Crippen MR) is 118 cm³/mol. The van der Waals surface area contributed by atoms with Gasteiger partial charge in [-0.3, -0.25) is 23.9 Å². The van der Waals surface area contributed by atoms with Gasteiger partial charge in [-0.15, -0.1) is 0 Å². The highest BCUT2D eigenvalue weighted by atomic mass is 16.3. The molecule has 2 saturated heterocycles. The van der Waals surface area contributed by atoms with Gasteiger partial charge in [0.2, 0.25) is 11.8 Å². The molecule has 5 atom stereocenters. The minimum atomic E-state index is -1.54. The van der Waals surface area contributed by atoms with Crippen molar-refractivity contribution in [2.24, 2.45) is 0 Å². The lowest BCUT2D eigenvalue weighted by Gasteiger charge is -2.53. The molecule has 2 amide bonds. The third-order valence-electron chi connectivity index (χ3n) is 7.82. The van der Waals surface area contributed by atoms with Gasteiger partial charge in [-0.05, 0) is 32.0 Å². The van der Waals surface area contributed by atoms with E-state index in [0.29, 0.717) is 28.0 Å². The molecule has 0 saturated carbocycles. The fourth-order valence-corrected chi connectivity index (χ4v) is 6.44. The molecule has 1 aromatic heterocycles. The van der Waals surface area contributed by atoms with Crippen molar-refractivity contribution in [2.45, 2.75) is 49.8 Å². The van der Waals surface area contributed by atoms with Crippen LogP contribution in [0, 0.1) is 0 Å². The van der Waals surface area contributed by atoms with Gasteiger partial charge in [0.05, 0.1) is 22.6 Å². The number of aliphatic hydroxyl groups is 1. The molecule has 2 aromatic carbocycles. The number of hydrogen-bond donors (Lipinski definition) is 2. The van der Waals surface area contributed by atoms with E-state index in [-0.39, 0.29) is 23.8 Å². The third kappa shape index (κ3) is 1.97. The monoisotopic (exact) mass is 443 g/mol. The first kappa shape index (κ1) is 19.0. The number of aromatic nitrogens is 2. The summed E-state index contributed by atoms with van der Waals surface area (Å²) in [6.07, 6.45) is -0.793. The zero-order valence-electron chi connectivity index (χ0n) is 18.0. The van der Waals surface area contributed by atoms with Crippen LogP contribution in [-0.4, -0.2) is 43.6 Å². The van der Waals surface area contributed by atoms with E-state index in [0.717, 1.165) is 0 Å². The summed E-state index contributed by atoms with van der Waals surface area (Å²) in [6, 6.07) is 12.6. The molecule has 9 heteroatoms. The third-order valence-corrected chi connectivity index (χ3v) is 7.82. The van der Waals surface area contributed by atoms with Crippen LogP contribution in [0.4, 0.5) is 5.69 Å². The van der Waals surface area contributed by atoms with Crippen molar-refractivity contribution >= 4 is 28.4 Å². The maximum Gasteiger partial charge on any atom is 0.262 e. The van der Waals surface area contributed by atoms with Crippen molar-refractivity contribution in [1.82, 2.24) is 19.8 Å². The molecule has 0 aliphatic carbocycles. The minimum absolute atomic E-state index is 0.0590. The Kier molecular flexibility index (Phi) is 3.26. The summed E-state index contributed by atoms with van der Waals surface area (Å²) in [6.45, 7) is 3.52. The Labute approximate surface area is 188 Å². The Bertz CT molecular complexity index is 1480. The average molecular weight is 443 g/mol. The molecular formula is C24H21N5O4. The Balaban J connectivity index is 1.61. The molecule has 5 aliphatic rings. The molecule has 33 heavy (non-hydrogen) atoms. The fourth-order valence-electron chi connectivity index (χ4n) is 6.44. The van der Waals surface area contributed by atoms with Crippen molar-refractivity contribution < 1.29 is 14.7 Å². The summed E-state index contributed by atoms with van der Waals surface area (Å²) in [4.78, 5) is 48.9. The van der Waals surface area contributed by atoms with E-state index in [4.69, 9.17) is 4.98 Å². The number of amides is 2. The standard InChI is InChI=1S/C24H21N5O4/c1-12-19(31)28-16-10-6-4-8-14(16)24(33)11-17-18(30)26-23(2,29(12)22(24)28)21-25-15-9-5-3-7-13(15)20(32)27(17)21/h3-10,12,17,22,33H,11H2,1-2H3,(H,26,30)/t12-,17+,22+,23-,24-/m0/s1. The first-order valence-corrected chi connectivity index (χ1v) is 11.0. The predicted octanol–water partition coefficient (Wildman–Crippen LogP) is 0.908. The van der Waals surface area contributed by atoms with E-state index in [1.807, 2.05) is 29.2 Å². The molecule has 3 aromatic rings. The minimum Gasteiger partial charge on any atom is -0.381 e. The molecule has 2 N–H and O–H groups in total. The average Bonchev–Trinajstić information content (AvgIpc) is 3.21. The van der Waals surface area contributed by atoms with Crippen LogP contribution in [0.25, 0.3) is 10.9 Å². The number of carbonyl (C=O) groups is 2. The maximum atomic E-state index is 13.7. The number of para-hydroxylation sites is 2. The quantitative estimate of drug-likeness (QED) is 0.535. The highest BCUT2D eigenvalue weighted by molar-refractivity contribution is 6.03.